The highest BCUT2D eigenvalue weighted by atomic mass is 31.2. The highest BCUT2D eigenvalue weighted by Crippen LogP contribution is 2.41. The number of ether oxygens (including phenoxy) is 2. The monoisotopic (exact) mass is 345 g/mol. The lowest BCUT2D eigenvalue weighted by atomic mass is 10.4. The van der Waals surface area contributed by atoms with Crippen molar-refractivity contribution in [2.45, 2.75) is 26.5 Å². The van der Waals surface area contributed by atoms with Gasteiger partial charge in [-0.3, -0.25) is 9.09 Å². The van der Waals surface area contributed by atoms with Crippen LogP contribution in [0.3, 0.4) is 0 Å². The fourth-order valence-corrected chi connectivity index (χ4v) is 2.58. The predicted molar refractivity (Wildman–Crippen MR) is 82.6 cm³/mol. The molecule has 1 unspecified atom stereocenters. The van der Waals surface area contributed by atoms with Crippen LogP contribution in [0.5, 0.6) is 0 Å². The summed E-state index contributed by atoms with van der Waals surface area (Å²) in [6.07, 6.45) is 2.13. The van der Waals surface area contributed by atoms with Gasteiger partial charge in [0, 0.05) is 6.61 Å². The van der Waals surface area contributed by atoms with Crippen LogP contribution in [-0.2, 0) is 25.1 Å². The summed E-state index contributed by atoms with van der Waals surface area (Å²) in [4.78, 5) is 21.7. The Hall–Kier alpha value is -1.58. The van der Waals surface area contributed by atoms with Crippen molar-refractivity contribution in [3.63, 3.8) is 0 Å². The first-order valence-corrected chi connectivity index (χ1v) is 8.76. The van der Waals surface area contributed by atoms with Gasteiger partial charge in [0.15, 0.2) is 18.3 Å². The van der Waals surface area contributed by atoms with E-state index in [4.69, 9.17) is 19.7 Å². The zero-order chi connectivity index (χ0) is 16.9. The van der Waals surface area contributed by atoms with Crippen LogP contribution in [0.2, 0.25) is 0 Å². The Bertz CT molecular complexity index is 694. The molecule has 0 aliphatic rings. The fourth-order valence-electron chi connectivity index (χ4n) is 1.82. The lowest BCUT2D eigenvalue weighted by molar-refractivity contribution is 0.00495. The van der Waals surface area contributed by atoms with Crippen LogP contribution in [0.15, 0.2) is 12.7 Å². The molecule has 0 spiro atoms. The Morgan fingerprint density at radius 2 is 2.22 bits per heavy atom. The second kappa shape index (κ2) is 7.80. The number of fused-ring (bicyclic) bond motifs is 1. The SMILES string of the molecule is CCOCOP(=O)(O)CO[C@H](C)Cn1cnc2c(N)ncnc21. The van der Waals surface area contributed by atoms with E-state index in [-0.39, 0.29) is 12.9 Å². The molecule has 0 aromatic carbocycles. The molecule has 0 fully saturated rings. The quantitative estimate of drug-likeness (QED) is 0.387. The van der Waals surface area contributed by atoms with Gasteiger partial charge in [0.25, 0.3) is 0 Å². The van der Waals surface area contributed by atoms with E-state index < -0.39 is 13.9 Å². The fraction of sp³-hybridized carbons (Fsp3) is 0.583. The van der Waals surface area contributed by atoms with Gasteiger partial charge in [0.05, 0.1) is 19.0 Å². The first-order valence-electron chi connectivity index (χ1n) is 7.00. The van der Waals surface area contributed by atoms with Crippen molar-refractivity contribution in [2.75, 3.05) is 25.5 Å². The molecular formula is C12H20N5O5P. The van der Waals surface area contributed by atoms with E-state index in [0.717, 1.165) is 0 Å². The Kier molecular flexibility index (Phi) is 6.03. The third kappa shape index (κ3) is 4.95. The summed E-state index contributed by atoms with van der Waals surface area (Å²) in [5.41, 5.74) is 6.80. The van der Waals surface area contributed by atoms with Crippen molar-refractivity contribution in [3.05, 3.63) is 12.7 Å². The van der Waals surface area contributed by atoms with Crippen LogP contribution in [-0.4, -0.2) is 50.3 Å². The van der Waals surface area contributed by atoms with Crippen LogP contribution in [0.4, 0.5) is 5.82 Å². The highest BCUT2D eigenvalue weighted by molar-refractivity contribution is 7.52. The maximum atomic E-state index is 11.7. The third-order valence-corrected chi connectivity index (χ3v) is 3.93. The molecule has 2 rings (SSSR count). The molecule has 128 valence electrons. The van der Waals surface area contributed by atoms with Crippen molar-refractivity contribution < 1.29 is 23.5 Å². The Morgan fingerprint density at radius 1 is 1.43 bits per heavy atom. The zero-order valence-corrected chi connectivity index (χ0v) is 13.8. The van der Waals surface area contributed by atoms with Crippen LogP contribution in [0, 0.1) is 0 Å². The minimum atomic E-state index is -3.84. The van der Waals surface area contributed by atoms with Crippen LogP contribution in [0.25, 0.3) is 11.2 Å². The number of imidazole rings is 1. The average Bonchev–Trinajstić information content (AvgIpc) is 2.90. The van der Waals surface area contributed by atoms with Gasteiger partial charge in [-0.2, -0.15) is 0 Å². The smallest absolute Gasteiger partial charge is 0.355 e. The maximum Gasteiger partial charge on any atom is 0.355 e. The van der Waals surface area contributed by atoms with Gasteiger partial charge >= 0.3 is 7.60 Å². The van der Waals surface area contributed by atoms with Gasteiger partial charge in [-0.15, -0.1) is 0 Å². The molecule has 0 aliphatic carbocycles. The van der Waals surface area contributed by atoms with Crippen molar-refractivity contribution >= 4 is 24.6 Å². The molecule has 10 nitrogen and oxygen atoms in total. The van der Waals surface area contributed by atoms with Gasteiger partial charge < -0.3 is 24.7 Å². The summed E-state index contributed by atoms with van der Waals surface area (Å²) in [5, 5.41) is 0. The topological polar surface area (TPSA) is 135 Å². The molecule has 0 saturated heterocycles. The van der Waals surface area contributed by atoms with Gasteiger partial charge in [0.1, 0.15) is 18.2 Å². The van der Waals surface area contributed by atoms with E-state index >= 15 is 0 Å². The number of anilines is 1. The van der Waals surface area contributed by atoms with Gasteiger partial charge in [-0.25, -0.2) is 15.0 Å². The van der Waals surface area contributed by atoms with Crippen molar-refractivity contribution in [1.29, 1.82) is 0 Å². The van der Waals surface area contributed by atoms with Gasteiger partial charge in [-0.1, -0.05) is 0 Å². The standard InChI is InChI=1S/C12H20N5O5P/c1-3-20-7-22-23(18,19)8-21-9(2)4-17-6-16-10-11(13)14-5-15-12(10)17/h5-6,9H,3-4,7-8H2,1-2H3,(H,18,19)(H2,13,14,15)/t9-/m1/s1. The highest BCUT2D eigenvalue weighted by Gasteiger charge is 2.21. The Morgan fingerprint density at radius 3 is 2.96 bits per heavy atom. The number of nitrogens with zero attached hydrogens (tertiary/aromatic N) is 4. The van der Waals surface area contributed by atoms with E-state index in [9.17, 15) is 9.46 Å². The third-order valence-electron chi connectivity index (χ3n) is 2.95. The second-order valence-electron chi connectivity index (χ2n) is 4.81. The maximum absolute atomic E-state index is 11.7. The number of nitrogens with two attached hydrogens (primary N) is 1. The number of aromatic nitrogens is 4. The lowest BCUT2D eigenvalue weighted by Crippen LogP contribution is -2.17. The number of hydrogen-bond acceptors (Lipinski definition) is 8. The van der Waals surface area contributed by atoms with Gasteiger partial charge in [-0.05, 0) is 13.8 Å². The summed E-state index contributed by atoms with van der Waals surface area (Å²) in [6.45, 7) is 4.06. The minimum absolute atomic E-state index is 0.246. The molecule has 2 heterocycles. The average molecular weight is 345 g/mol. The van der Waals surface area contributed by atoms with E-state index in [1.807, 2.05) is 0 Å². The second-order valence-corrected chi connectivity index (χ2v) is 6.60. The zero-order valence-electron chi connectivity index (χ0n) is 13.0. The van der Waals surface area contributed by atoms with E-state index in [2.05, 4.69) is 15.0 Å². The lowest BCUT2D eigenvalue weighted by Gasteiger charge is -2.17. The molecule has 0 radical (unpaired) electrons. The first-order chi connectivity index (χ1) is 10.9. The van der Waals surface area contributed by atoms with Crippen molar-refractivity contribution in [3.8, 4) is 0 Å². The molecule has 2 aromatic heterocycles. The molecule has 2 aromatic rings. The largest absolute Gasteiger partial charge is 0.382 e. The van der Waals surface area contributed by atoms with Crippen molar-refractivity contribution in [1.82, 2.24) is 19.5 Å². The minimum Gasteiger partial charge on any atom is -0.382 e. The van der Waals surface area contributed by atoms with E-state index in [0.29, 0.717) is 30.1 Å². The summed E-state index contributed by atoms with van der Waals surface area (Å²) < 4.78 is 28.5. The Balaban J connectivity index is 1.90. The molecular weight excluding hydrogens is 325 g/mol. The molecule has 0 saturated carbocycles. The number of nitrogen functional groups attached to an aromatic ring is 1. The molecule has 23 heavy (non-hydrogen) atoms. The summed E-state index contributed by atoms with van der Waals surface area (Å²) in [6, 6.07) is 0. The van der Waals surface area contributed by atoms with Crippen LogP contribution in [0.1, 0.15) is 13.8 Å². The molecule has 3 N–H and O–H groups in total. The summed E-state index contributed by atoms with van der Waals surface area (Å²) in [7, 11) is -3.84. The van der Waals surface area contributed by atoms with Crippen LogP contribution < -0.4 is 5.73 Å². The molecule has 0 bridgehead atoms. The first kappa shape index (κ1) is 17.8. The van der Waals surface area contributed by atoms with E-state index in [1.54, 1.807) is 24.7 Å². The number of hydrogen-bond donors (Lipinski definition) is 2. The van der Waals surface area contributed by atoms with Gasteiger partial charge in [0.2, 0.25) is 0 Å². The molecule has 2 atom stereocenters. The number of rotatable bonds is 9. The van der Waals surface area contributed by atoms with Crippen molar-refractivity contribution in [2.24, 2.45) is 0 Å². The molecule has 0 amide bonds. The van der Waals surface area contributed by atoms with Crippen LogP contribution >= 0.6 is 7.60 Å². The normalized spacial score (nSPS) is 15.6. The van der Waals surface area contributed by atoms with E-state index in [1.165, 1.54) is 6.33 Å². The molecule has 0 aliphatic heterocycles. The summed E-state index contributed by atoms with van der Waals surface area (Å²) >= 11 is 0. The summed E-state index contributed by atoms with van der Waals surface area (Å²) in [5.74, 6) is 0.298. The molecule has 11 heteroatoms. The Labute approximate surface area is 133 Å². The predicted octanol–water partition coefficient (Wildman–Crippen LogP) is 0.967.